The summed E-state index contributed by atoms with van der Waals surface area (Å²) in [6.45, 7) is 0. The molecule has 1 unspecified atom stereocenters. The molecule has 0 saturated carbocycles. The first-order valence-electron chi connectivity index (χ1n) is 7.30. The first-order valence-corrected chi connectivity index (χ1v) is 7.30. The zero-order chi connectivity index (χ0) is 19.0. The number of aromatic carboxylic acids is 1. The lowest BCUT2D eigenvalue weighted by molar-refractivity contribution is -0.991. The zero-order valence-electron chi connectivity index (χ0n) is 13.1. The second-order valence-electron chi connectivity index (χ2n) is 5.43. The van der Waals surface area contributed by atoms with Crippen LogP contribution in [0.25, 0.3) is 16.5 Å². The molecule has 0 radical (unpaired) electrons. The molecule has 0 aliphatic heterocycles. The summed E-state index contributed by atoms with van der Waals surface area (Å²) >= 11 is 0. The van der Waals surface area contributed by atoms with Crippen molar-refractivity contribution in [1.29, 1.82) is 5.26 Å². The number of pyridine rings is 1. The number of nitriles is 1. The van der Waals surface area contributed by atoms with Crippen molar-refractivity contribution in [1.82, 2.24) is 4.57 Å². The maximum absolute atomic E-state index is 12.9. The number of rotatable bonds is 3. The molecule has 0 aliphatic carbocycles. The summed E-state index contributed by atoms with van der Waals surface area (Å²) in [6, 6.07) is 11.2. The number of carboxylic acid groups (broad SMARTS) is 1. The largest absolute Gasteiger partial charge is 0.595 e. The van der Waals surface area contributed by atoms with Gasteiger partial charge in [0.25, 0.3) is 5.56 Å². The molecule has 130 valence electrons. The summed E-state index contributed by atoms with van der Waals surface area (Å²) in [4.78, 5) is 24.1. The van der Waals surface area contributed by atoms with Crippen LogP contribution >= 0.6 is 0 Å². The number of hydrogen-bond acceptors (Lipinski definition) is 6. The molecule has 0 saturated heterocycles. The van der Waals surface area contributed by atoms with Crippen molar-refractivity contribution in [3.05, 3.63) is 69.2 Å². The standard InChI is InChI=1S/C17H12N4O5/c18-8-14-12-5-4-11(21(25)26)7-13(12)16(22)20(15(14)19)10-3-1-2-9(6-10)17(23)24/h1-7,21,25H,19H2,(H,23,24). The van der Waals surface area contributed by atoms with Crippen molar-refractivity contribution in [3.8, 4) is 11.8 Å². The topological polar surface area (TPSA) is 157 Å². The number of quaternary nitrogens is 1. The van der Waals surface area contributed by atoms with Crippen molar-refractivity contribution >= 4 is 28.2 Å². The predicted octanol–water partition coefficient (Wildman–Crippen LogP) is 0.546. The molecule has 0 amide bonds. The molecule has 5 N–H and O–H groups in total. The number of nitrogens with one attached hydrogen (secondary N) is 1. The maximum atomic E-state index is 12.9. The van der Waals surface area contributed by atoms with E-state index >= 15 is 0 Å². The van der Waals surface area contributed by atoms with Gasteiger partial charge in [-0.3, -0.25) is 9.36 Å². The number of carboxylic acids is 1. The van der Waals surface area contributed by atoms with Crippen molar-refractivity contribution in [3.63, 3.8) is 0 Å². The van der Waals surface area contributed by atoms with E-state index in [9.17, 15) is 20.1 Å². The minimum atomic E-state index is -1.22. The van der Waals surface area contributed by atoms with Gasteiger partial charge in [0.15, 0.2) is 5.69 Å². The number of aromatic nitrogens is 1. The normalized spacial score (nSPS) is 11.9. The highest BCUT2D eigenvalue weighted by Crippen LogP contribution is 2.25. The van der Waals surface area contributed by atoms with E-state index in [1.165, 1.54) is 36.4 Å². The summed E-state index contributed by atoms with van der Waals surface area (Å²) in [7, 11) is 0. The Labute approximate surface area is 145 Å². The fourth-order valence-corrected chi connectivity index (χ4v) is 2.70. The number of benzene rings is 2. The Kier molecular flexibility index (Phi) is 4.15. The summed E-state index contributed by atoms with van der Waals surface area (Å²) in [5.74, 6) is -1.34. The predicted molar refractivity (Wildman–Crippen MR) is 91.4 cm³/mol. The van der Waals surface area contributed by atoms with E-state index in [4.69, 9.17) is 16.0 Å². The minimum Gasteiger partial charge on any atom is -0.595 e. The Bertz CT molecular complexity index is 1140. The maximum Gasteiger partial charge on any atom is 0.335 e. The van der Waals surface area contributed by atoms with Crippen molar-refractivity contribution in [2.75, 3.05) is 5.73 Å². The van der Waals surface area contributed by atoms with Crippen LogP contribution in [0.2, 0.25) is 0 Å². The van der Waals surface area contributed by atoms with Gasteiger partial charge in [0.05, 0.1) is 16.6 Å². The average Bonchev–Trinajstić information content (AvgIpc) is 2.62. The highest BCUT2D eigenvalue weighted by atomic mass is 16.8. The number of hydrogen-bond donors (Lipinski definition) is 4. The van der Waals surface area contributed by atoms with Crippen LogP contribution in [0, 0.1) is 16.5 Å². The number of nitrogen functional groups attached to an aromatic ring is 1. The zero-order valence-corrected chi connectivity index (χ0v) is 13.1. The van der Waals surface area contributed by atoms with Crippen LogP contribution in [0.1, 0.15) is 15.9 Å². The molecule has 3 rings (SSSR count). The third-order valence-electron chi connectivity index (χ3n) is 3.93. The monoisotopic (exact) mass is 352 g/mol. The molecule has 9 heteroatoms. The molecule has 26 heavy (non-hydrogen) atoms. The van der Waals surface area contributed by atoms with Gasteiger partial charge >= 0.3 is 5.97 Å². The molecule has 1 heterocycles. The molecule has 9 nitrogen and oxygen atoms in total. The van der Waals surface area contributed by atoms with Gasteiger partial charge < -0.3 is 16.0 Å². The van der Waals surface area contributed by atoms with Gasteiger partial charge in [-0.1, -0.05) is 6.07 Å². The van der Waals surface area contributed by atoms with Crippen LogP contribution in [0.5, 0.6) is 0 Å². The molecule has 1 atom stereocenters. The Morgan fingerprint density at radius 3 is 2.58 bits per heavy atom. The Hall–Kier alpha value is -3.71. The Morgan fingerprint density at radius 2 is 1.96 bits per heavy atom. The van der Waals surface area contributed by atoms with E-state index in [0.717, 1.165) is 10.6 Å². The SMILES string of the molecule is N#Cc1c(N)n(-c2cccc(C(=O)O)c2)c(=O)c2cc([NH+]([O-])O)ccc12. The smallest absolute Gasteiger partial charge is 0.335 e. The van der Waals surface area contributed by atoms with Crippen LogP contribution in [0.4, 0.5) is 11.5 Å². The molecule has 0 fully saturated rings. The summed E-state index contributed by atoms with van der Waals surface area (Å²) in [6.07, 6.45) is 0. The number of anilines is 1. The van der Waals surface area contributed by atoms with E-state index in [-0.39, 0.29) is 39.1 Å². The Balaban J connectivity index is 2.43. The molecule has 1 aromatic heterocycles. The molecule has 0 bridgehead atoms. The van der Waals surface area contributed by atoms with Crippen molar-refractivity contribution in [2.45, 2.75) is 0 Å². The van der Waals surface area contributed by atoms with Gasteiger partial charge in [-0.15, -0.1) is 0 Å². The third kappa shape index (κ3) is 2.66. The van der Waals surface area contributed by atoms with Crippen LogP contribution in [-0.4, -0.2) is 20.9 Å². The molecule has 2 aromatic carbocycles. The lowest BCUT2D eigenvalue weighted by atomic mass is 10.1. The van der Waals surface area contributed by atoms with E-state index < -0.39 is 16.8 Å². The fourth-order valence-electron chi connectivity index (χ4n) is 2.70. The lowest BCUT2D eigenvalue weighted by Gasteiger charge is -2.16. The number of nitrogens with two attached hydrogens (primary N) is 1. The van der Waals surface area contributed by atoms with Crippen molar-refractivity contribution < 1.29 is 20.3 Å². The number of fused-ring (bicyclic) bond motifs is 1. The first-order chi connectivity index (χ1) is 12.3. The second-order valence-corrected chi connectivity index (χ2v) is 5.43. The highest BCUT2D eigenvalue weighted by molar-refractivity contribution is 5.93. The van der Waals surface area contributed by atoms with Crippen LogP contribution in [-0.2, 0) is 0 Å². The van der Waals surface area contributed by atoms with E-state index in [0.29, 0.717) is 0 Å². The summed E-state index contributed by atoms with van der Waals surface area (Å²) in [5, 5.41) is 37.9. The first kappa shape index (κ1) is 17.1. The number of carbonyl (C=O) groups is 1. The molecule has 3 aromatic rings. The lowest BCUT2D eigenvalue weighted by Crippen LogP contribution is -2.99. The van der Waals surface area contributed by atoms with Gasteiger partial charge in [0, 0.05) is 17.5 Å². The molecular formula is C17H12N4O5. The second kappa shape index (κ2) is 6.30. The van der Waals surface area contributed by atoms with Gasteiger partial charge in [-0.2, -0.15) is 10.5 Å². The van der Waals surface area contributed by atoms with Crippen LogP contribution in [0.15, 0.2) is 47.3 Å². The van der Waals surface area contributed by atoms with Gasteiger partial charge in [0.2, 0.25) is 0 Å². The van der Waals surface area contributed by atoms with Gasteiger partial charge in [-0.25, -0.2) is 10.0 Å². The summed E-state index contributed by atoms with van der Waals surface area (Å²) < 4.78 is 0.999. The Morgan fingerprint density at radius 1 is 1.23 bits per heavy atom. The molecular weight excluding hydrogens is 340 g/mol. The fraction of sp³-hybridized carbons (Fsp3) is 0. The van der Waals surface area contributed by atoms with Gasteiger partial charge in [0.1, 0.15) is 17.5 Å². The average molecular weight is 352 g/mol. The quantitative estimate of drug-likeness (QED) is 0.501. The van der Waals surface area contributed by atoms with E-state index in [1.54, 1.807) is 0 Å². The molecule has 0 aliphatic rings. The number of nitrogens with zero attached hydrogens (tertiary/aromatic N) is 2. The third-order valence-corrected chi connectivity index (χ3v) is 3.93. The van der Waals surface area contributed by atoms with Crippen LogP contribution in [0.3, 0.4) is 0 Å². The summed E-state index contributed by atoms with van der Waals surface area (Å²) in [5.41, 5.74) is 5.32. The van der Waals surface area contributed by atoms with Crippen molar-refractivity contribution in [2.24, 2.45) is 0 Å². The van der Waals surface area contributed by atoms with E-state index in [2.05, 4.69) is 0 Å². The highest BCUT2D eigenvalue weighted by Gasteiger charge is 2.18. The van der Waals surface area contributed by atoms with E-state index in [1.807, 2.05) is 6.07 Å². The van der Waals surface area contributed by atoms with Gasteiger partial charge in [-0.05, 0) is 24.3 Å². The van der Waals surface area contributed by atoms with Crippen LogP contribution < -0.4 is 16.5 Å². The minimum absolute atomic E-state index is 0.00253. The molecule has 0 spiro atoms.